The van der Waals surface area contributed by atoms with E-state index in [1.54, 1.807) is 45.0 Å². The molecule has 0 aromatic heterocycles. The van der Waals surface area contributed by atoms with Gasteiger partial charge in [0, 0.05) is 11.3 Å². The number of rotatable bonds is 6. The van der Waals surface area contributed by atoms with Crippen LogP contribution >= 0.6 is 0 Å². The Morgan fingerprint density at radius 2 is 1.61 bits per heavy atom. The Bertz CT molecular complexity index is 781. The monoisotopic (exact) mass is 384 g/mol. The minimum absolute atomic E-state index is 0.0849. The molecule has 28 heavy (non-hydrogen) atoms. The number of carbonyl (C=O) groups excluding carboxylic acids is 2. The van der Waals surface area contributed by atoms with E-state index in [1.807, 2.05) is 30.3 Å². The molecule has 0 unspecified atom stereocenters. The number of likely N-dealkylation sites (N-methyl/N-ethyl adjacent to an activating group) is 1. The van der Waals surface area contributed by atoms with Crippen molar-refractivity contribution < 1.29 is 19.2 Å². The predicted octanol–water partition coefficient (Wildman–Crippen LogP) is 2.65. The summed E-state index contributed by atoms with van der Waals surface area (Å²) in [4.78, 5) is 25.8. The van der Waals surface area contributed by atoms with Crippen LogP contribution in [-0.2, 0) is 4.74 Å². The topological polar surface area (TPSA) is 71.9 Å². The molecule has 0 radical (unpaired) electrons. The number of nitrogens with one attached hydrogen (secondary N) is 3. The lowest BCUT2D eigenvalue weighted by molar-refractivity contribution is -0.860. The molecule has 0 fully saturated rings. The number of hydrogen-bond acceptors (Lipinski definition) is 3. The highest BCUT2D eigenvalue weighted by molar-refractivity contribution is 5.95. The summed E-state index contributed by atoms with van der Waals surface area (Å²) in [7, 11) is 4.11. The molecule has 0 saturated carbocycles. The molecule has 0 bridgehead atoms. The van der Waals surface area contributed by atoms with Crippen LogP contribution in [-0.4, -0.2) is 38.2 Å². The standard InChI is InChI=1S/C22H29N3O3/c1-22(2,3)28-21(27)23-18-13-11-17(12-14-18)20(26)24-19(15-25(4)5)16-9-7-6-8-10-16/h6-14,19H,15H2,1-5H3,(H,23,27)(H,24,26)/p+1/t19-/m0/s1. The largest absolute Gasteiger partial charge is 0.444 e. The van der Waals surface area contributed by atoms with Gasteiger partial charge >= 0.3 is 6.09 Å². The van der Waals surface area contributed by atoms with E-state index in [-0.39, 0.29) is 11.9 Å². The molecule has 2 rings (SSSR count). The van der Waals surface area contributed by atoms with Crippen molar-refractivity contribution in [2.24, 2.45) is 0 Å². The number of carbonyl (C=O) groups is 2. The molecular weight excluding hydrogens is 354 g/mol. The summed E-state index contributed by atoms with van der Waals surface area (Å²) in [5, 5.41) is 5.76. The van der Waals surface area contributed by atoms with Crippen molar-refractivity contribution in [1.29, 1.82) is 0 Å². The van der Waals surface area contributed by atoms with Gasteiger partial charge in [0.25, 0.3) is 5.91 Å². The van der Waals surface area contributed by atoms with Gasteiger partial charge in [0.2, 0.25) is 0 Å². The Hall–Kier alpha value is -2.86. The second-order valence-electron chi connectivity index (χ2n) is 8.05. The van der Waals surface area contributed by atoms with Crippen LogP contribution in [0.4, 0.5) is 10.5 Å². The number of ether oxygens (including phenoxy) is 1. The first-order valence-corrected chi connectivity index (χ1v) is 9.39. The van der Waals surface area contributed by atoms with Crippen molar-refractivity contribution in [2.75, 3.05) is 26.0 Å². The van der Waals surface area contributed by atoms with E-state index in [1.165, 1.54) is 4.90 Å². The first kappa shape index (κ1) is 21.4. The minimum Gasteiger partial charge on any atom is -0.444 e. The van der Waals surface area contributed by atoms with Gasteiger partial charge in [0.05, 0.1) is 14.1 Å². The molecule has 0 spiro atoms. The van der Waals surface area contributed by atoms with Gasteiger partial charge in [-0.3, -0.25) is 10.1 Å². The average molecular weight is 385 g/mol. The molecule has 0 aliphatic rings. The fourth-order valence-corrected chi connectivity index (χ4v) is 2.71. The van der Waals surface area contributed by atoms with Crippen LogP contribution in [0.15, 0.2) is 54.6 Å². The van der Waals surface area contributed by atoms with Gasteiger partial charge < -0.3 is 15.0 Å². The van der Waals surface area contributed by atoms with Crippen LogP contribution in [0.2, 0.25) is 0 Å². The highest BCUT2D eigenvalue weighted by Crippen LogP contribution is 2.15. The van der Waals surface area contributed by atoms with Crippen LogP contribution in [0.25, 0.3) is 0 Å². The summed E-state index contributed by atoms with van der Waals surface area (Å²) in [6.07, 6.45) is -0.525. The molecule has 2 aromatic carbocycles. The van der Waals surface area contributed by atoms with Crippen LogP contribution in [0.5, 0.6) is 0 Å². The fourth-order valence-electron chi connectivity index (χ4n) is 2.71. The van der Waals surface area contributed by atoms with Crippen molar-refractivity contribution >= 4 is 17.7 Å². The van der Waals surface area contributed by atoms with E-state index in [0.717, 1.165) is 12.1 Å². The first-order valence-electron chi connectivity index (χ1n) is 9.39. The third-order valence-corrected chi connectivity index (χ3v) is 3.91. The van der Waals surface area contributed by atoms with Gasteiger partial charge in [-0.1, -0.05) is 30.3 Å². The quantitative estimate of drug-likeness (QED) is 0.717. The van der Waals surface area contributed by atoms with Crippen molar-refractivity contribution in [2.45, 2.75) is 32.4 Å². The van der Waals surface area contributed by atoms with Gasteiger partial charge in [0.15, 0.2) is 0 Å². The Kier molecular flexibility index (Phi) is 7.18. The average Bonchev–Trinajstić information content (AvgIpc) is 2.60. The Morgan fingerprint density at radius 1 is 1.00 bits per heavy atom. The molecule has 6 nitrogen and oxygen atoms in total. The summed E-state index contributed by atoms with van der Waals surface area (Å²) in [5.41, 5.74) is 1.61. The molecule has 150 valence electrons. The van der Waals surface area contributed by atoms with E-state index in [2.05, 4.69) is 24.7 Å². The van der Waals surface area contributed by atoms with Gasteiger partial charge in [-0.2, -0.15) is 0 Å². The molecule has 2 aromatic rings. The lowest BCUT2D eigenvalue weighted by Crippen LogP contribution is -3.06. The highest BCUT2D eigenvalue weighted by atomic mass is 16.6. The number of amides is 2. The van der Waals surface area contributed by atoms with Gasteiger partial charge in [-0.25, -0.2) is 4.79 Å². The summed E-state index contributed by atoms with van der Waals surface area (Å²) >= 11 is 0. The first-order chi connectivity index (χ1) is 13.1. The fraction of sp³-hybridized carbons (Fsp3) is 0.364. The number of benzene rings is 2. The Labute approximate surface area is 166 Å². The Morgan fingerprint density at radius 3 is 2.14 bits per heavy atom. The molecule has 3 N–H and O–H groups in total. The van der Waals surface area contributed by atoms with Gasteiger partial charge in [-0.15, -0.1) is 0 Å². The van der Waals surface area contributed by atoms with Gasteiger partial charge in [-0.05, 0) is 50.6 Å². The maximum absolute atomic E-state index is 12.7. The SMILES string of the molecule is C[NH+](C)C[C@H](NC(=O)c1ccc(NC(=O)OC(C)(C)C)cc1)c1ccccc1. The van der Waals surface area contributed by atoms with Crippen LogP contribution in [0.3, 0.4) is 0 Å². The lowest BCUT2D eigenvalue weighted by atomic mass is 10.1. The zero-order chi connectivity index (χ0) is 20.7. The predicted molar refractivity (Wildman–Crippen MR) is 111 cm³/mol. The minimum atomic E-state index is -0.565. The van der Waals surface area contributed by atoms with E-state index < -0.39 is 11.7 Å². The second-order valence-corrected chi connectivity index (χ2v) is 8.05. The van der Waals surface area contributed by atoms with Crippen molar-refractivity contribution in [3.63, 3.8) is 0 Å². The third kappa shape index (κ3) is 7.04. The maximum Gasteiger partial charge on any atom is 0.412 e. The van der Waals surface area contributed by atoms with Crippen molar-refractivity contribution in [3.05, 3.63) is 65.7 Å². The number of hydrogen-bond donors (Lipinski definition) is 3. The van der Waals surface area contributed by atoms with E-state index >= 15 is 0 Å². The number of anilines is 1. The zero-order valence-electron chi connectivity index (χ0n) is 17.2. The maximum atomic E-state index is 12.7. The molecule has 1 atom stereocenters. The second kappa shape index (κ2) is 9.37. The molecule has 6 heteroatoms. The molecular formula is C22H30N3O3+. The summed E-state index contributed by atoms with van der Waals surface area (Å²) in [6, 6.07) is 16.6. The van der Waals surface area contributed by atoms with E-state index in [9.17, 15) is 9.59 Å². The third-order valence-electron chi connectivity index (χ3n) is 3.91. The van der Waals surface area contributed by atoms with Gasteiger partial charge in [0.1, 0.15) is 18.2 Å². The van der Waals surface area contributed by atoms with Crippen molar-refractivity contribution in [1.82, 2.24) is 5.32 Å². The Balaban J connectivity index is 2.04. The number of quaternary nitrogens is 1. The summed E-state index contributed by atoms with van der Waals surface area (Å²) in [5.74, 6) is -0.154. The van der Waals surface area contributed by atoms with Crippen molar-refractivity contribution in [3.8, 4) is 0 Å². The molecule has 0 heterocycles. The molecule has 0 aliphatic carbocycles. The normalized spacial score (nSPS) is 12.4. The summed E-state index contributed by atoms with van der Waals surface area (Å²) < 4.78 is 5.23. The smallest absolute Gasteiger partial charge is 0.412 e. The molecule has 2 amide bonds. The van der Waals surface area contributed by atoms with E-state index in [4.69, 9.17) is 4.74 Å². The molecule has 0 aliphatic heterocycles. The van der Waals surface area contributed by atoms with Crippen LogP contribution in [0.1, 0.15) is 42.7 Å². The van der Waals surface area contributed by atoms with E-state index in [0.29, 0.717) is 11.3 Å². The zero-order valence-corrected chi connectivity index (χ0v) is 17.2. The van der Waals surface area contributed by atoms with Crippen LogP contribution < -0.4 is 15.5 Å². The lowest BCUT2D eigenvalue weighted by Gasteiger charge is -2.21. The summed E-state index contributed by atoms with van der Waals surface area (Å²) in [6.45, 7) is 6.18. The van der Waals surface area contributed by atoms with Crippen LogP contribution in [0, 0.1) is 0 Å². The molecule has 0 saturated heterocycles. The highest BCUT2D eigenvalue weighted by Gasteiger charge is 2.19.